The van der Waals surface area contributed by atoms with Crippen LogP contribution in [-0.4, -0.2) is 28.9 Å². The van der Waals surface area contributed by atoms with Gasteiger partial charge in [-0.1, -0.05) is 6.42 Å². The number of rotatable bonds is 9. The first-order valence-corrected chi connectivity index (χ1v) is 9.95. The lowest BCUT2D eigenvalue weighted by atomic mass is 10.1. The highest BCUT2D eigenvalue weighted by atomic mass is 32.2. The second kappa shape index (κ2) is 9.45. The Morgan fingerprint density at radius 3 is 2.56 bits per heavy atom. The van der Waals surface area contributed by atoms with Crippen molar-refractivity contribution in [1.29, 1.82) is 5.26 Å². The SMILES string of the molecule is CSCCCCCc1cc(C(=O)CN)c(C)n1-c1ccc(C#N)cc1. The summed E-state index contributed by atoms with van der Waals surface area (Å²) in [7, 11) is 0. The molecule has 0 aliphatic rings. The van der Waals surface area contributed by atoms with E-state index in [-0.39, 0.29) is 12.3 Å². The second-order valence-electron chi connectivity index (χ2n) is 6.06. The highest BCUT2D eigenvalue weighted by Crippen LogP contribution is 2.24. The lowest BCUT2D eigenvalue weighted by Gasteiger charge is -2.12. The summed E-state index contributed by atoms with van der Waals surface area (Å²) in [6.45, 7) is 1.98. The van der Waals surface area contributed by atoms with Crippen LogP contribution >= 0.6 is 11.8 Å². The van der Waals surface area contributed by atoms with Gasteiger partial charge in [0.05, 0.1) is 18.2 Å². The molecule has 5 heteroatoms. The molecule has 0 fully saturated rings. The van der Waals surface area contributed by atoms with Gasteiger partial charge in [-0.3, -0.25) is 4.79 Å². The summed E-state index contributed by atoms with van der Waals surface area (Å²) in [6.07, 6.45) is 6.54. The van der Waals surface area contributed by atoms with Crippen LogP contribution in [-0.2, 0) is 6.42 Å². The van der Waals surface area contributed by atoms with Crippen LogP contribution in [0.3, 0.4) is 0 Å². The van der Waals surface area contributed by atoms with Crippen LogP contribution in [0.5, 0.6) is 0 Å². The third kappa shape index (κ3) is 4.75. The van der Waals surface area contributed by atoms with Gasteiger partial charge in [0.2, 0.25) is 0 Å². The zero-order valence-electron chi connectivity index (χ0n) is 14.9. The Balaban J connectivity index is 2.32. The predicted octanol–water partition coefficient (Wildman–Crippen LogP) is 3.87. The average molecular weight is 356 g/mol. The number of nitrogens with zero attached hydrogens (tertiary/aromatic N) is 2. The largest absolute Gasteiger partial charge is 0.324 e. The summed E-state index contributed by atoms with van der Waals surface area (Å²) < 4.78 is 2.12. The van der Waals surface area contributed by atoms with Crippen molar-refractivity contribution in [1.82, 2.24) is 4.57 Å². The van der Waals surface area contributed by atoms with Crippen LogP contribution in [0.4, 0.5) is 0 Å². The second-order valence-corrected chi connectivity index (χ2v) is 7.05. The molecule has 1 aromatic heterocycles. The topological polar surface area (TPSA) is 71.8 Å². The van der Waals surface area contributed by atoms with Crippen molar-refractivity contribution in [3.63, 3.8) is 0 Å². The molecule has 2 aromatic rings. The predicted molar refractivity (Wildman–Crippen MR) is 105 cm³/mol. The van der Waals surface area contributed by atoms with Crippen LogP contribution in [0.1, 0.15) is 46.6 Å². The molecule has 2 rings (SSSR count). The maximum absolute atomic E-state index is 12.2. The molecule has 1 aromatic carbocycles. The minimum atomic E-state index is -0.0338. The maximum atomic E-state index is 12.2. The Kier molecular flexibility index (Phi) is 7.30. The quantitative estimate of drug-likeness (QED) is 0.547. The van der Waals surface area contributed by atoms with Crippen molar-refractivity contribution in [2.45, 2.75) is 32.6 Å². The molecule has 2 N–H and O–H groups in total. The molecule has 4 nitrogen and oxygen atoms in total. The molecule has 0 aliphatic carbocycles. The number of Topliss-reactive ketones (excluding diaryl/α,β-unsaturated/α-hetero) is 1. The van der Waals surface area contributed by atoms with Crippen molar-refractivity contribution >= 4 is 17.5 Å². The van der Waals surface area contributed by atoms with Crippen LogP contribution in [0.15, 0.2) is 30.3 Å². The Bertz CT molecular complexity index is 756. The summed E-state index contributed by atoms with van der Waals surface area (Å²) in [4.78, 5) is 12.2. The first-order chi connectivity index (χ1) is 12.1. The van der Waals surface area contributed by atoms with Gasteiger partial charge in [-0.2, -0.15) is 17.0 Å². The van der Waals surface area contributed by atoms with Gasteiger partial charge in [0.1, 0.15) is 0 Å². The van der Waals surface area contributed by atoms with E-state index in [1.165, 1.54) is 18.6 Å². The normalized spacial score (nSPS) is 10.6. The fraction of sp³-hybridized carbons (Fsp3) is 0.400. The summed E-state index contributed by atoms with van der Waals surface area (Å²) in [5.41, 5.74) is 9.92. The van der Waals surface area contributed by atoms with Crippen molar-refractivity contribution < 1.29 is 4.79 Å². The molecule has 0 spiro atoms. The number of carbonyl (C=O) groups excluding carboxylic acids is 1. The van der Waals surface area contributed by atoms with Gasteiger partial charge >= 0.3 is 0 Å². The highest BCUT2D eigenvalue weighted by Gasteiger charge is 2.17. The van der Waals surface area contributed by atoms with E-state index in [2.05, 4.69) is 16.9 Å². The third-order valence-electron chi connectivity index (χ3n) is 4.35. The van der Waals surface area contributed by atoms with Gasteiger partial charge < -0.3 is 10.3 Å². The lowest BCUT2D eigenvalue weighted by Crippen LogP contribution is -2.14. The zero-order chi connectivity index (χ0) is 18.2. The number of carbonyl (C=O) groups is 1. The van der Waals surface area contributed by atoms with Gasteiger partial charge in [0, 0.05) is 22.6 Å². The van der Waals surface area contributed by atoms with E-state index in [0.29, 0.717) is 11.1 Å². The Morgan fingerprint density at radius 1 is 1.24 bits per heavy atom. The minimum absolute atomic E-state index is 0.0192. The molecule has 0 saturated carbocycles. The molecule has 0 saturated heterocycles. The van der Waals surface area contributed by atoms with Crippen molar-refractivity contribution in [3.8, 4) is 11.8 Å². The number of unbranched alkanes of at least 4 members (excludes halogenated alkanes) is 2. The number of hydrogen-bond acceptors (Lipinski definition) is 4. The number of nitrogens with two attached hydrogens (primary N) is 1. The molecule has 132 valence electrons. The number of ketones is 1. The van der Waals surface area contributed by atoms with Crippen molar-refractivity contribution in [2.24, 2.45) is 5.73 Å². The van der Waals surface area contributed by atoms with E-state index < -0.39 is 0 Å². The monoisotopic (exact) mass is 355 g/mol. The summed E-state index contributed by atoms with van der Waals surface area (Å²) in [5, 5.41) is 8.99. The number of aromatic nitrogens is 1. The minimum Gasteiger partial charge on any atom is -0.324 e. The molecular weight excluding hydrogens is 330 g/mol. The molecule has 25 heavy (non-hydrogen) atoms. The van der Waals surface area contributed by atoms with Gasteiger partial charge in [0.25, 0.3) is 0 Å². The molecule has 0 aliphatic heterocycles. The highest BCUT2D eigenvalue weighted by molar-refractivity contribution is 7.98. The number of nitriles is 1. The van der Waals surface area contributed by atoms with Crippen LogP contribution in [0.25, 0.3) is 5.69 Å². The van der Waals surface area contributed by atoms with E-state index in [1.807, 2.05) is 36.9 Å². The number of aryl methyl sites for hydroxylation is 1. The fourth-order valence-corrected chi connectivity index (χ4v) is 3.51. The maximum Gasteiger partial charge on any atom is 0.178 e. The fourth-order valence-electron chi connectivity index (χ4n) is 3.02. The third-order valence-corrected chi connectivity index (χ3v) is 5.04. The van der Waals surface area contributed by atoms with E-state index >= 15 is 0 Å². The van der Waals surface area contributed by atoms with Crippen LogP contribution < -0.4 is 5.73 Å². The molecule has 0 bridgehead atoms. The summed E-state index contributed by atoms with van der Waals surface area (Å²) >= 11 is 1.87. The first-order valence-electron chi connectivity index (χ1n) is 8.56. The van der Waals surface area contributed by atoms with E-state index in [4.69, 9.17) is 11.0 Å². The van der Waals surface area contributed by atoms with Crippen LogP contribution in [0, 0.1) is 18.3 Å². The molecular formula is C20H25N3OS. The summed E-state index contributed by atoms with van der Waals surface area (Å²) in [5.74, 6) is 1.15. The molecule has 0 unspecified atom stereocenters. The van der Waals surface area contributed by atoms with Gasteiger partial charge in [-0.05, 0) is 68.5 Å². The number of benzene rings is 1. The Labute approximate surface area is 154 Å². The lowest BCUT2D eigenvalue weighted by molar-refractivity contribution is 0.100. The van der Waals surface area contributed by atoms with Crippen molar-refractivity contribution in [2.75, 3.05) is 18.6 Å². The number of thioether (sulfide) groups is 1. The smallest absolute Gasteiger partial charge is 0.178 e. The Hall–Kier alpha value is -2.03. The van der Waals surface area contributed by atoms with Gasteiger partial charge in [0.15, 0.2) is 5.78 Å². The van der Waals surface area contributed by atoms with Crippen LogP contribution in [0.2, 0.25) is 0 Å². The van der Waals surface area contributed by atoms with E-state index in [0.717, 1.165) is 29.9 Å². The first kappa shape index (κ1) is 19.3. The van der Waals surface area contributed by atoms with Crippen molar-refractivity contribution in [3.05, 3.63) is 52.8 Å². The number of hydrogen-bond donors (Lipinski definition) is 1. The molecule has 1 heterocycles. The molecule has 0 amide bonds. The van der Waals surface area contributed by atoms with E-state index in [1.54, 1.807) is 12.1 Å². The summed E-state index contributed by atoms with van der Waals surface area (Å²) in [6, 6.07) is 11.6. The van der Waals surface area contributed by atoms with Gasteiger partial charge in [-0.25, -0.2) is 0 Å². The van der Waals surface area contributed by atoms with E-state index in [9.17, 15) is 4.79 Å². The van der Waals surface area contributed by atoms with Gasteiger partial charge in [-0.15, -0.1) is 0 Å². The zero-order valence-corrected chi connectivity index (χ0v) is 15.7. The standard InChI is InChI=1S/C20H25N3OS/c1-15-19(20(24)14-22)12-18(6-4-3-5-11-25-2)23(15)17-9-7-16(13-21)8-10-17/h7-10,12H,3-6,11,14,22H2,1-2H3. The average Bonchev–Trinajstić information content (AvgIpc) is 2.97. The molecule has 0 atom stereocenters. The molecule has 0 radical (unpaired) electrons. The Morgan fingerprint density at radius 2 is 1.96 bits per heavy atom.